The van der Waals surface area contributed by atoms with Gasteiger partial charge in [-0.25, -0.2) is 14.8 Å². The van der Waals surface area contributed by atoms with E-state index in [0.29, 0.717) is 11.6 Å². The summed E-state index contributed by atoms with van der Waals surface area (Å²) in [6.07, 6.45) is 4.19. The Labute approximate surface area is 159 Å². The van der Waals surface area contributed by atoms with Gasteiger partial charge in [-0.1, -0.05) is 6.92 Å². The van der Waals surface area contributed by atoms with Crippen LogP contribution in [0.25, 0.3) is 21.6 Å². The molecule has 3 rings (SSSR count). The number of rotatable bonds is 8. The third-order valence-electron chi connectivity index (χ3n) is 4.00. The SMILES string of the molecule is CCc1cc2c(NC(CCC(N)=O)C(=O)O)nc(-c3cccnc3)nc2s1. The molecule has 0 saturated carbocycles. The van der Waals surface area contributed by atoms with Gasteiger partial charge in [0.1, 0.15) is 16.7 Å². The summed E-state index contributed by atoms with van der Waals surface area (Å²) in [7, 11) is 0. The number of nitrogens with two attached hydrogens (primary N) is 1. The zero-order valence-electron chi connectivity index (χ0n) is 14.7. The standard InChI is InChI=1S/C18H19N5O3S/c1-2-11-8-12-16(21-13(18(25)26)5-6-14(19)24)22-15(23-17(12)27-11)10-4-3-7-20-9-10/h3-4,7-9,13H,2,5-6H2,1H3,(H2,19,24)(H,25,26)(H,21,22,23). The molecule has 27 heavy (non-hydrogen) atoms. The first-order chi connectivity index (χ1) is 13.0. The maximum atomic E-state index is 11.6. The molecule has 0 aliphatic heterocycles. The third-order valence-corrected chi connectivity index (χ3v) is 5.17. The number of nitrogens with zero attached hydrogens (tertiary/aromatic N) is 3. The van der Waals surface area contributed by atoms with Crippen LogP contribution in [0.4, 0.5) is 5.82 Å². The number of carbonyl (C=O) groups is 2. The molecule has 0 aromatic carbocycles. The molecular weight excluding hydrogens is 366 g/mol. The summed E-state index contributed by atoms with van der Waals surface area (Å²) in [5, 5.41) is 13.2. The van der Waals surface area contributed by atoms with Crippen LogP contribution in [0.15, 0.2) is 30.6 Å². The first kappa shape index (κ1) is 18.7. The first-order valence-electron chi connectivity index (χ1n) is 8.46. The third kappa shape index (κ3) is 4.37. The molecule has 9 heteroatoms. The second-order valence-corrected chi connectivity index (χ2v) is 7.08. The van der Waals surface area contributed by atoms with E-state index in [9.17, 15) is 14.7 Å². The van der Waals surface area contributed by atoms with Gasteiger partial charge in [-0.3, -0.25) is 9.78 Å². The second kappa shape index (κ2) is 8.09. The Morgan fingerprint density at radius 2 is 2.19 bits per heavy atom. The Morgan fingerprint density at radius 1 is 1.37 bits per heavy atom. The molecule has 3 aromatic rings. The average Bonchev–Trinajstić information content (AvgIpc) is 3.08. The fourth-order valence-electron chi connectivity index (χ4n) is 2.59. The van der Waals surface area contributed by atoms with Gasteiger partial charge in [0.2, 0.25) is 5.91 Å². The van der Waals surface area contributed by atoms with Crippen molar-refractivity contribution in [2.75, 3.05) is 5.32 Å². The Bertz CT molecular complexity index is 974. The number of hydrogen-bond acceptors (Lipinski definition) is 7. The number of anilines is 1. The number of aromatic nitrogens is 3. The molecule has 0 aliphatic carbocycles. The monoisotopic (exact) mass is 385 g/mol. The molecular formula is C18H19N5O3S. The average molecular weight is 385 g/mol. The topological polar surface area (TPSA) is 131 Å². The molecule has 0 bridgehead atoms. The number of hydrogen-bond donors (Lipinski definition) is 3. The molecule has 0 saturated heterocycles. The molecule has 4 N–H and O–H groups in total. The van der Waals surface area contributed by atoms with Gasteiger partial charge < -0.3 is 16.2 Å². The number of aryl methyl sites for hydroxylation is 1. The number of carboxylic acid groups (broad SMARTS) is 1. The van der Waals surface area contributed by atoms with Crippen LogP contribution in [-0.4, -0.2) is 38.0 Å². The van der Waals surface area contributed by atoms with E-state index in [-0.39, 0.29) is 12.8 Å². The van der Waals surface area contributed by atoms with Crippen molar-refractivity contribution in [3.8, 4) is 11.4 Å². The molecule has 3 aromatic heterocycles. The predicted molar refractivity (Wildman–Crippen MR) is 103 cm³/mol. The summed E-state index contributed by atoms with van der Waals surface area (Å²) in [6.45, 7) is 2.04. The molecule has 0 fully saturated rings. The van der Waals surface area contributed by atoms with E-state index < -0.39 is 17.9 Å². The van der Waals surface area contributed by atoms with Gasteiger partial charge in [0.25, 0.3) is 0 Å². The van der Waals surface area contributed by atoms with Crippen LogP contribution in [0.3, 0.4) is 0 Å². The molecule has 8 nitrogen and oxygen atoms in total. The summed E-state index contributed by atoms with van der Waals surface area (Å²) < 4.78 is 0. The van der Waals surface area contributed by atoms with Crippen LogP contribution >= 0.6 is 11.3 Å². The van der Waals surface area contributed by atoms with Crippen molar-refractivity contribution >= 4 is 39.2 Å². The molecule has 3 heterocycles. The van der Waals surface area contributed by atoms with E-state index in [2.05, 4.69) is 20.3 Å². The Kier molecular flexibility index (Phi) is 5.60. The number of nitrogens with one attached hydrogen (secondary N) is 1. The predicted octanol–water partition coefficient (Wildman–Crippen LogP) is 2.45. The van der Waals surface area contributed by atoms with Crippen LogP contribution in [0.1, 0.15) is 24.6 Å². The van der Waals surface area contributed by atoms with Gasteiger partial charge in [0.15, 0.2) is 5.82 Å². The van der Waals surface area contributed by atoms with Crippen molar-refractivity contribution in [3.05, 3.63) is 35.5 Å². The normalized spacial score (nSPS) is 12.0. The number of carboxylic acids is 1. The lowest BCUT2D eigenvalue weighted by Gasteiger charge is -2.15. The minimum Gasteiger partial charge on any atom is -0.480 e. The van der Waals surface area contributed by atoms with E-state index in [0.717, 1.165) is 27.1 Å². The van der Waals surface area contributed by atoms with Crippen molar-refractivity contribution < 1.29 is 14.7 Å². The van der Waals surface area contributed by atoms with Crippen molar-refractivity contribution in [1.29, 1.82) is 0 Å². The molecule has 1 unspecified atom stereocenters. The molecule has 1 atom stereocenters. The highest BCUT2D eigenvalue weighted by molar-refractivity contribution is 7.18. The minimum atomic E-state index is -1.07. The number of thiophene rings is 1. The molecule has 140 valence electrons. The van der Waals surface area contributed by atoms with E-state index in [1.54, 1.807) is 29.8 Å². The zero-order valence-corrected chi connectivity index (χ0v) is 15.5. The maximum absolute atomic E-state index is 11.6. The summed E-state index contributed by atoms with van der Waals surface area (Å²) >= 11 is 1.54. The fraction of sp³-hybridized carbons (Fsp3) is 0.278. The number of amides is 1. The maximum Gasteiger partial charge on any atom is 0.326 e. The molecule has 0 spiro atoms. The minimum absolute atomic E-state index is 0.0303. The fourth-order valence-corrected chi connectivity index (χ4v) is 3.56. The smallest absolute Gasteiger partial charge is 0.326 e. The summed E-state index contributed by atoms with van der Waals surface area (Å²) in [5.74, 6) is -0.735. The molecule has 0 aliphatic rings. The highest BCUT2D eigenvalue weighted by Gasteiger charge is 2.21. The summed E-state index contributed by atoms with van der Waals surface area (Å²) in [5.41, 5.74) is 5.89. The summed E-state index contributed by atoms with van der Waals surface area (Å²) in [6, 6.07) is 4.60. The highest BCUT2D eigenvalue weighted by atomic mass is 32.1. The largest absolute Gasteiger partial charge is 0.480 e. The number of primary amides is 1. The van der Waals surface area contributed by atoms with E-state index in [4.69, 9.17) is 5.73 Å². The molecule has 1 amide bonds. The highest BCUT2D eigenvalue weighted by Crippen LogP contribution is 2.32. The van der Waals surface area contributed by atoms with Crippen LogP contribution in [0, 0.1) is 0 Å². The quantitative estimate of drug-likeness (QED) is 0.543. The number of carbonyl (C=O) groups excluding carboxylic acids is 1. The first-order valence-corrected chi connectivity index (χ1v) is 9.28. The van der Waals surface area contributed by atoms with Gasteiger partial charge in [0, 0.05) is 29.3 Å². The number of fused-ring (bicyclic) bond motifs is 1. The van der Waals surface area contributed by atoms with Crippen molar-refractivity contribution in [2.45, 2.75) is 32.2 Å². The van der Waals surface area contributed by atoms with Crippen molar-refractivity contribution in [2.24, 2.45) is 5.73 Å². The zero-order chi connectivity index (χ0) is 19.4. The van der Waals surface area contributed by atoms with Gasteiger partial charge in [-0.05, 0) is 31.0 Å². The van der Waals surface area contributed by atoms with Crippen LogP contribution in [0.2, 0.25) is 0 Å². The lowest BCUT2D eigenvalue weighted by atomic mass is 10.1. The number of pyridine rings is 1. The van der Waals surface area contributed by atoms with Crippen LogP contribution in [0.5, 0.6) is 0 Å². The van der Waals surface area contributed by atoms with Gasteiger partial charge in [-0.15, -0.1) is 11.3 Å². The Morgan fingerprint density at radius 3 is 2.81 bits per heavy atom. The van der Waals surface area contributed by atoms with E-state index in [1.807, 2.05) is 19.1 Å². The van der Waals surface area contributed by atoms with Crippen molar-refractivity contribution in [1.82, 2.24) is 15.0 Å². The molecule has 0 radical (unpaired) electrons. The van der Waals surface area contributed by atoms with E-state index in [1.165, 1.54) is 0 Å². The number of aliphatic carboxylic acids is 1. The lowest BCUT2D eigenvalue weighted by Crippen LogP contribution is -2.31. The Balaban J connectivity index is 2.04. The van der Waals surface area contributed by atoms with Gasteiger partial charge in [-0.2, -0.15) is 0 Å². The van der Waals surface area contributed by atoms with Crippen LogP contribution in [-0.2, 0) is 16.0 Å². The summed E-state index contributed by atoms with van der Waals surface area (Å²) in [4.78, 5) is 37.8. The van der Waals surface area contributed by atoms with Crippen LogP contribution < -0.4 is 11.1 Å². The lowest BCUT2D eigenvalue weighted by molar-refractivity contribution is -0.138. The Hall–Kier alpha value is -3.07. The van der Waals surface area contributed by atoms with Crippen molar-refractivity contribution in [3.63, 3.8) is 0 Å². The van der Waals surface area contributed by atoms with E-state index >= 15 is 0 Å². The second-order valence-electron chi connectivity index (χ2n) is 5.96. The van der Waals surface area contributed by atoms with Gasteiger partial charge in [0.05, 0.1) is 5.39 Å². The van der Waals surface area contributed by atoms with Gasteiger partial charge >= 0.3 is 5.97 Å².